The van der Waals surface area contributed by atoms with Gasteiger partial charge in [-0.2, -0.15) is 0 Å². The standard InChI is InChI=1S/C15H20N2O4/c1-4-12-9-21-10(2)8-16(12)13-5-6-15(17(19)20)14(7-13)11(3)18/h5-7,10,12H,4,8-9H2,1-3H3. The number of Topliss-reactive ketones (excluding diaryl/α,β-unsaturated/α-hetero) is 1. The van der Waals surface area contributed by atoms with Crippen LogP contribution in [0, 0.1) is 10.1 Å². The fourth-order valence-electron chi connectivity index (χ4n) is 2.64. The van der Waals surface area contributed by atoms with Crippen LogP contribution in [0.4, 0.5) is 11.4 Å². The Bertz CT molecular complexity index is 559. The molecule has 2 atom stereocenters. The molecule has 21 heavy (non-hydrogen) atoms. The van der Waals surface area contributed by atoms with Gasteiger partial charge in [-0.3, -0.25) is 14.9 Å². The summed E-state index contributed by atoms with van der Waals surface area (Å²) in [5.41, 5.74) is 0.861. The van der Waals surface area contributed by atoms with Crippen LogP contribution in [0.3, 0.4) is 0 Å². The van der Waals surface area contributed by atoms with Gasteiger partial charge >= 0.3 is 0 Å². The predicted molar refractivity (Wildman–Crippen MR) is 79.9 cm³/mol. The Labute approximate surface area is 123 Å². The lowest BCUT2D eigenvalue weighted by molar-refractivity contribution is -0.385. The summed E-state index contributed by atoms with van der Waals surface area (Å²) in [5.74, 6) is -0.294. The van der Waals surface area contributed by atoms with Crippen molar-refractivity contribution < 1.29 is 14.5 Å². The van der Waals surface area contributed by atoms with Gasteiger partial charge in [0, 0.05) is 18.3 Å². The maximum absolute atomic E-state index is 11.7. The van der Waals surface area contributed by atoms with Crippen molar-refractivity contribution >= 4 is 17.2 Å². The van der Waals surface area contributed by atoms with E-state index < -0.39 is 4.92 Å². The van der Waals surface area contributed by atoms with E-state index in [1.54, 1.807) is 12.1 Å². The van der Waals surface area contributed by atoms with Gasteiger partial charge in [0.15, 0.2) is 5.78 Å². The molecule has 2 unspecified atom stereocenters. The van der Waals surface area contributed by atoms with Crippen molar-refractivity contribution in [3.8, 4) is 0 Å². The summed E-state index contributed by atoms with van der Waals surface area (Å²) >= 11 is 0. The van der Waals surface area contributed by atoms with E-state index in [4.69, 9.17) is 4.74 Å². The van der Waals surface area contributed by atoms with Crippen LogP contribution in [0.25, 0.3) is 0 Å². The van der Waals surface area contributed by atoms with E-state index in [-0.39, 0.29) is 29.2 Å². The second-order valence-corrected chi connectivity index (χ2v) is 5.37. The largest absolute Gasteiger partial charge is 0.375 e. The normalized spacial score (nSPS) is 22.1. The Morgan fingerprint density at radius 3 is 2.81 bits per heavy atom. The van der Waals surface area contributed by atoms with Gasteiger partial charge in [-0.1, -0.05) is 6.92 Å². The minimum atomic E-state index is -0.514. The van der Waals surface area contributed by atoms with Crippen molar-refractivity contribution in [1.29, 1.82) is 0 Å². The molecule has 1 aliphatic heterocycles. The molecule has 6 nitrogen and oxygen atoms in total. The number of morpholine rings is 1. The first-order chi connectivity index (χ1) is 9.93. The van der Waals surface area contributed by atoms with E-state index in [0.29, 0.717) is 13.2 Å². The number of ether oxygens (including phenoxy) is 1. The van der Waals surface area contributed by atoms with Crippen LogP contribution in [0.1, 0.15) is 37.6 Å². The van der Waals surface area contributed by atoms with Gasteiger partial charge in [0.2, 0.25) is 0 Å². The molecule has 1 aliphatic rings. The first-order valence-electron chi connectivity index (χ1n) is 7.11. The molecule has 6 heteroatoms. The molecule has 0 amide bonds. The second kappa shape index (κ2) is 6.22. The Hall–Kier alpha value is -1.95. The molecular formula is C15H20N2O4. The third-order valence-electron chi connectivity index (χ3n) is 3.83. The maximum Gasteiger partial charge on any atom is 0.280 e. The van der Waals surface area contributed by atoms with Gasteiger partial charge < -0.3 is 9.64 Å². The van der Waals surface area contributed by atoms with Gasteiger partial charge in [-0.15, -0.1) is 0 Å². The SMILES string of the molecule is CCC1COC(C)CN1c1ccc([N+](=O)[O-])c(C(C)=O)c1. The molecule has 0 aliphatic carbocycles. The summed E-state index contributed by atoms with van der Waals surface area (Å²) in [7, 11) is 0. The average molecular weight is 292 g/mol. The molecule has 0 bridgehead atoms. The van der Waals surface area contributed by atoms with Gasteiger partial charge in [0.1, 0.15) is 0 Å². The highest BCUT2D eigenvalue weighted by Gasteiger charge is 2.27. The fraction of sp³-hybridized carbons (Fsp3) is 0.533. The molecule has 1 saturated heterocycles. The summed E-state index contributed by atoms with van der Waals surface area (Å²) in [6.07, 6.45) is 1.02. The smallest absolute Gasteiger partial charge is 0.280 e. The monoisotopic (exact) mass is 292 g/mol. The van der Waals surface area contributed by atoms with Gasteiger partial charge in [0.05, 0.1) is 29.2 Å². The molecule has 0 saturated carbocycles. The molecule has 2 rings (SSSR count). The zero-order valence-corrected chi connectivity index (χ0v) is 12.5. The van der Waals surface area contributed by atoms with E-state index in [9.17, 15) is 14.9 Å². The minimum absolute atomic E-state index is 0.101. The van der Waals surface area contributed by atoms with E-state index in [0.717, 1.165) is 12.1 Å². The molecule has 1 fully saturated rings. The zero-order valence-electron chi connectivity index (χ0n) is 12.5. The molecule has 1 heterocycles. The molecule has 114 valence electrons. The lowest BCUT2D eigenvalue weighted by atomic mass is 10.0. The zero-order chi connectivity index (χ0) is 15.6. The highest BCUT2D eigenvalue weighted by Crippen LogP contribution is 2.29. The van der Waals surface area contributed by atoms with Crippen LogP contribution < -0.4 is 4.90 Å². The molecule has 0 aromatic heterocycles. The molecule has 0 N–H and O–H groups in total. The lowest BCUT2D eigenvalue weighted by Crippen LogP contribution is -2.48. The van der Waals surface area contributed by atoms with E-state index in [2.05, 4.69) is 11.8 Å². The number of hydrogen-bond acceptors (Lipinski definition) is 5. The minimum Gasteiger partial charge on any atom is -0.375 e. The number of carbonyl (C=O) groups is 1. The lowest BCUT2D eigenvalue weighted by Gasteiger charge is -2.40. The van der Waals surface area contributed by atoms with E-state index >= 15 is 0 Å². The van der Waals surface area contributed by atoms with Crippen LogP contribution in [0.5, 0.6) is 0 Å². The van der Waals surface area contributed by atoms with Crippen LogP contribution in [0.15, 0.2) is 18.2 Å². The van der Waals surface area contributed by atoms with E-state index in [1.807, 2.05) is 6.92 Å². The third kappa shape index (κ3) is 3.21. The van der Waals surface area contributed by atoms with Crippen molar-refractivity contribution in [2.45, 2.75) is 39.3 Å². The van der Waals surface area contributed by atoms with Gasteiger partial charge in [0.25, 0.3) is 5.69 Å². The van der Waals surface area contributed by atoms with Crippen molar-refractivity contribution in [3.05, 3.63) is 33.9 Å². The van der Waals surface area contributed by atoms with Crippen LogP contribution >= 0.6 is 0 Å². The maximum atomic E-state index is 11.7. The first-order valence-corrected chi connectivity index (χ1v) is 7.11. The number of rotatable bonds is 4. The summed E-state index contributed by atoms with van der Waals surface area (Å²) in [6.45, 7) is 6.77. The fourth-order valence-corrected chi connectivity index (χ4v) is 2.64. The van der Waals surface area contributed by atoms with Crippen LogP contribution in [-0.4, -0.2) is 36.0 Å². The van der Waals surface area contributed by atoms with E-state index in [1.165, 1.54) is 13.0 Å². The number of carbonyl (C=O) groups excluding carboxylic acids is 1. The first kappa shape index (κ1) is 15.4. The third-order valence-corrected chi connectivity index (χ3v) is 3.83. The van der Waals surface area contributed by atoms with Gasteiger partial charge in [-0.05, 0) is 32.4 Å². The highest BCUT2D eigenvalue weighted by atomic mass is 16.6. The van der Waals surface area contributed by atoms with Crippen molar-refractivity contribution in [2.75, 3.05) is 18.1 Å². The van der Waals surface area contributed by atoms with Crippen molar-refractivity contribution in [2.24, 2.45) is 0 Å². The summed E-state index contributed by atoms with van der Waals surface area (Å²) < 4.78 is 5.66. The number of hydrogen-bond donors (Lipinski definition) is 0. The number of ketones is 1. The Kier molecular flexibility index (Phi) is 4.57. The predicted octanol–water partition coefficient (Wildman–Crippen LogP) is 2.80. The number of nitro groups is 1. The van der Waals surface area contributed by atoms with Crippen LogP contribution in [-0.2, 0) is 4.74 Å². The molecule has 1 aromatic carbocycles. The molecule has 1 aromatic rings. The average Bonchev–Trinajstić information content (AvgIpc) is 2.46. The molecule has 0 spiro atoms. The number of nitrogens with zero attached hydrogens (tertiary/aromatic N) is 2. The molecular weight excluding hydrogens is 272 g/mol. The Morgan fingerprint density at radius 1 is 1.52 bits per heavy atom. The number of benzene rings is 1. The quantitative estimate of drug-likeness (QED) is 0.484. The summed E-state index contributed by atoms with van der Waals surface area (Å²) in [6, 6.07) is 4.98. The number of nitro benzene ring substituents is 1. The highest BCUT2D eigenvalue weighted by molar-refractivity contribution is 5.99. The molecule has 0 radical (unpaired) electrons. The topological polar surface area (TPSA) is 72.7 Å². The summed E-state index contributed by atoms with van der Waals surface area (Å²) in [5, 5.41) is 11.0. The van der Waals surface area contributed by atoms with Crippen LogP contribution in [0.2, 0.25) is 0 Å². The van der Waals surface area contributed by atoms with Gasteiger partial charge in [-0.25, -0.2) is 0 Å². The van der Waals surface area contributed by atoms with Crippen molar-refractivity contribution in [1.82, 2.24) is 0 Å². The number of anilines is 1. The Balaban J connectivity index is 2.41. The second-order valence-electron chi connectivity index (χ2n) is 5.37. The summed E-state index contributed by atoms with van der Waals surface area (Å²) in [4.78, 5) is 24.3. The van der Waals surface area contributed by atoms with Crippen molar-refractivity contribution in [3.63, 3.8) is 0 Å². The Morgan fingerprint density at radius 2 is 2.24 bits per heavy atom.